The normalized spacial score (nSPS) is 16.1. The molecule has 44 heavy (non-hydrogen) atoms. The van der Waals surface area contributed by atoms with Crippen LogP contribution in [0.1, 0.15) is 34.4 Å². The molecule has 4 heterocycles. The number of imidazole rings is 2. The van der Waals surface area contributed by atoms with Crippen LogP contribution in [0.15, 0.2) is 93.9 Å². The molecule has 6 aromatic rings. The molecule has 8 nitrogen and oxygen atoms in total. The number of aromatic nitrogens is 4. The van der Waals surface area contributed by atoms with Crippen LogP contribution in [0.5, 0.6) is 34.8 Å². The number of fused-ring (bicyclic) bond motifs is 4. The predicted molar refractivity (Wildman–Crippen MR) is 173 cm³/mol. The zero-order chi connectivity index (χ0) is 29.9. The van der Waals surface area contributed by atoms with Crippen molar-refractivity contribution < 1.29 is 18.9 Å². The average Bonchev–Trinajstić information content (AvgIpc) is 3.67. The van der Waals surface area contributed by atoms with Crippen molar-refractivity contribution >= 4 is 31.9 Å². The first-order valence-electron chi connectivity index (χ1n) is 13.9. The van der Waals surface area contributed by atoms with E-state index in [1.807, 2.05) is 72.8 Å². The van der Waals surface area contributed by atoms with Gasteiger partial charge in [0.1, 0.15) is 11.6 Å². The highest BCUT2D eigenvalue weighted by molar-refractivity contribution is 9.10. The van der Waals surface area contributed by atoms with Gasteiger partial charge in [-0.3, -0.25) is 0 Å². The van der Waals surface area contributed by atoms with Gasteiger partial charge in [0.15, 0.2) is 23.0 Å². The van der Waals surface area contributed by atoms with Crippen LogP contribution in [0, 0.1) is 0 Å². The summed E-state index contributed by atoms with van der Waals surface area (Å²) in [5.74, 6) is 4.38. The molecule has 0 fully saturated rings. The minimum absolute atomic E-state index is 0.271. The van der Waals surface area contributed by atoms with Crippen LogP contribution in [0.3, 0.4) is 0 Å². The smallest absolute Gasteiger partial charge is 0.241 e. The van der Waals surface area contributed by atoms with Gasteiger partial charge < -0.3 is 28.9 Å². The minimum Gasteiger partial charge on any atom is -0.493 e. The molecule has 0 saturated carbocycles. The van der Waals surface area contributed by atoms with E-state index in [-0.39, 0.29) is 11.8 Å². The lowest BCUT2D eigenvalue weighted by atomic mass is 9.75. The summed E-state index contributed by atoms with van der Waals surface area (Å²) in [6.45, 7) is 0. The number of hydrogen-bond donors (Lipinski definition) is 2. The zero-order valence-electron chi connectivity index (χ0n) is 23.5. The van der Waals surface area contributed by atoms with Crippen LogP contribution < -0.4 is 18.9 Å². The quantitative estimate of drug-likeness (QED) is 0.185. The Morgan fingerprint density at radius 2 is 1.00 bits per heavy atom. The average molecular weight is 712 g/mol. The van der Waals surface area contributed by atoms with Crippen LogP contribution in [0.2, 0.25) is 0 Å². The van der Waals surface area contributed by atoms with Crippen molar-refractivity contribution in [2.45, 2.75) is 11.8 Å². The maximum atomic E-state index is 6.49. The fourth-order valence-corrected chi connectivity index (χ4v) is 6.63. The first-order chi connectivity index (χ1) is 21.5. The molecule has 10 heteroatoms. The number of methoxy groups -OCH3 is 2. The molecule has 0 spiro atoms. The summed E-state index contributed by atoms with van der Waals surface area (Å²) in [5.41, 5.74) is 5.47. The fraction of sp³-hybridized carbons (Fsp3) is 0.118. The van der Waals surface area contributed by atoms with E-state index >= 15 is 0 Å². The third-order valence-electron chi connectivity index (χ3n) is 8.11. The minimum atomic E-state index is -0.271. The van der Waals surface area contributed by atoms with E-state index < -0.39 is 0 Å². The molecule has 2 atom stereocenters. The molecular weight excluding hydrogens is 688 g/mol. The summed E-state index contributed by atoms with van der Waals surface area (Å²) in [7, 11) is 3.29. The number of nitrogens with zero attached hydrogens (tertiary/aromatic N) is 2. The van der Waals surface area contributed by atoms with Gasteiger partial charge in [-0.25, -0.2) is 0 Å². The Hall–Kier alpha value is -4.54. The predicted octanol–water partition coefficient (Wildman–Crippen LogP) is 9.18. The number of nitrogens with one attached hydrogen (secondary N) is 2. The molecule has 2 aliphatic rings. The topological polar surface area (TPSA) is 94.3 Å². The fourth-order valence-electron chi connectivity index (χ4n) is 6.10. The van der Waals surface area contributed by atoms with Gasteiger partial charge in [0.05, 0.1) is 25.6 Å². The van der Waals surface area contributed by atoms with Crippen molar-refractivity contribution in [2.24, 2.45) is 0 Å². The highest BCUT2D eigenvalue weighted by atomic mass is 79.9. The maximum absolute atomic E-state index is 6.49. The van der Waals surface area contributed by atoms with Gasteiger partial charge in [0, 0.05) is 43.0 Å². The van der Waals surface area contributed by atoms with E-state index in [1.54, 1.807) is 14.2 Å². The lowest BCUT2D eigenvalue weighted by Gasteiger charge is -2.35. The van der Waals surface area contributed by atoms with Gasteiger partial charge in [-0.2, -0.15) is 9.97 Å². The molecule has 2 aliphatic heterocycles. The van der Waals surface area contributed by atoms with Crippen molar-refractivity contribution in [3.63, 3.8) is 0 Å². The van der Waals surface area contributed by atoms with Crippen LogP contribution in [0.25, 0.3) is 22.8 Å². The van der Waals surface area contributed by atoms with Crippen LogP contribution in [-0.4, -0.2) is 34.2 Å². The monoisotopic (exact) mass is 710 g/mol. The molecule has 2 unspecified atom stereocenters. The number of ether oxygens (including phenoxy) is 4. The molecule has 2 aromatic heterocycles. The Bertz CT molecular complexity index is 1890. The SMILES string of the molecule is COc1cccc2c1Oc1nc(-c3ccc(Br)cc3)[nH]c1C2C1c2cccc(OC)c2Oc2nc(-c3ccc(Br)cc3)[nH]c21. The summed E-state index contributed by atoms with van der Waals surface area (Å²) in [6.07, 6.45) is 0. The van der Waals surface area contributed by atoms with Crippen molar-refractivity contribution in [3.8, 4) is 57.5 Å². The van der Waals surface area contributed by atoms with Crippen LogP contribution in [-0.2, 0) is 0 Å². The van der Waals surface area contributed by atoms with E-state index in [9.17, 15) is 0 Å². The van der Waals surface area contributed by atoms with Crippen LogP contribution in [0.4, 0.5) is 0 Å². The van der Waals surface area contributed by atoms with E-state index in [4.69, 9.17) is 28.9 Å². The molecule has 8 rings (SSSR count). The van der Waals surface area contributed by atoms with E-state index in [1.165, 1.54) is 0 Å². The summed E-state index contributed by atoms with van der Waals surface area (Å²) in [4.78, 5) is 17.1. The lowest BCUT2D eigenvalue weighted by molar-refractivity contribution is 0.346. The number of para-hydroxylation sites is 2. The van der Waals surface area contributed by atoms with Gasteiger partial charge in [0.25, 0.3) is 0 Å². The van der Waals surface area contributed by atoms with Crippen molar-refractivity contribution in [1.82, 2.24) is 19.9 Å². The summed E-state index contributed by atoms with van der Waals surface area (Å²) < 4.78 is 26.5. The molecule has 0 radical (unpaired) electrons. The van der Waals surface area contributed by atoms with E-state index in [0.29, 0.717) is 46.4 Å². The molecule has 0 aliphatic carbocycles. The molecular formula is C34H24Br2N4O4. The number of aromatic amines is 2. The van der Waals surface area contributed by atoms with Crippen molar-refractivity contribution in [1.29, 1.82) is 0 Å². The third-order valence-corrected chi connectivity index (χ3v) is 9.17. The lowest BCUT2D eigenvalue weighted by Crippen LogP contribution is -2.22. The number of rotatable bonds is 5. The number of hydrogen-bond acceptors (Lipinski definition) is 6. The first-order valence-corrected chi connectivity index (χ1v) is 15.5. The standard InChI is InChI=1S/C34H24Br2N4O4/c1-41-23-7-3-5-21-25(27-33(43-29(21)23)39-31(37-27)17-9-13-19(35)14-10-17)26-22-6-4-8-24(42-2)30(22)44-34-28(26)38-32(40-34)18-11-15-20(36)16-12-18/h3-16,25-26H,1-2H3,(H,37,39)(H,38,40). The zero-order valence-corrected chi connectivity index (χ0v) is 26.7. The third kappa shape index (κ3) is 4.31. The van der Waals surface area contributed by atoms with Gasteiger partial charge >= 0.3 is 0 Å². The summed E-state index contributed by atoms with van der Waals surface area (Å²) in [6, 6.07) is 28.0. The van der Waals surface area contributed by atoms with Crippen molar-refractivity contribution in [2.75, 3.05) is 14.2 Å². The van der Waals surface area contributed by atoms with Gasteiger partial charge in [-0.1, -0.05) is 80.4 Å². The molecule has 4 aromatic carbocycles. The largest absolute Gasteiger partial charge is 0.493 e. The molecule has 0 bridgehead atoms. The second-order valence-electron chi connectivity index (χ2n) is 10.5. The Balaban J connectivity index is 1.38. The Labute approximate surface area is 269 Å². The summed E-state index contributed by atoms with van der Waals surface area (Å²) in [5, 5.41) is 0. The highest BCUT2D eigenvalue weighted by Gasteiger charge is 2.45. The summed E-state index contributed by atoms with van der Waals surface area (Å²) >= 11 is 7.07. The van der Waals surface area contributed by atoms with Gasteiger partial charge in [0.2, 0.25) is 11.8 Å². The molecule has 2 N–H and O–H groups in total. The molecule has 0 amide bonds. The van der Waals surface area contributed by atoms with Gasteiger partial charge in [-0.05, 0) is 36.4 Å². The molecule has 218 valence electrons. The Kier molecular flexibility index (Phi) is 6.50. The van der Waals surface area contributed by atoms with E-state index in [2.05, 4.69) is 54.0 Å². The number of halogens is 2. The number of benzene rings is 4. The Morgan fingerprint density at radius 1 is 0.591 bits per heavy atom. The maximum Gasteiger partial charge on any atom is 0.241 e. The second kappa shape index (κ2) is 10.6. The second-order valence-corrected chi connectivity index (χ2v) is 12.4. The van der Waals surface area contributed by atoms with Crippen LogP contribution >= 0.6 is 31.9 Å². The Morgan fingerprint density at radius 3 is 1.39 bits per heavy atom. The molecule has 0 saturated heterocycles. The van der Waals surface area contributed by atoms with Gasteiger partial charge in [-0.15, -0.1) is 0 Å². The number of H-pyrrole nitrogens is 2. The van der Waals surface area contributed by atoms with Crippen molar-refractivity contribution in [3.05, 3.63) is 116 Å². The highest BCUT2D eigenvalue weighted by Crippen LogP contribution is 2.59. The first kappa shape index (κ1) is 27.0. The van der Waals surface area contributed by atoms with E-state index in [0.717, 1.165) is 42.6 Å².